The number of ether oxygens (including phenoxy) is 2. The lowest BCUT2D eigenvalue weighted by molar-refractivity contribution is 0.188. The standard InChI is InChI=1S/C25H28N4O3S2/c1-16-21(24-27-23(28-32-24)18-8-12-20(34-4)13-9-18)22(17-6-10-19(31-3)11-7-17)26-25(33)29(16)14-5-15-30-2/h6-13,22H,5,14-15H2,1-4H3,(H,26,33). The van der Waals surface area contributed by atoms with Crippen molar-refractivity contribution in [2.75, 3.05) is 33.6 Å². The van der Waals surface area contributed by atoms with Crippen LogP contribution in [0.3, 0.4) is 0 Å². The molecule has 0 saturated heterocycles. The predicted molar refractivity (Wildman–Crippen MR) is 139 cm³/mol. The summed E-state index contributed by atoms with van der Waals surface area (Å²) in [4.78, 5) is 8.03. The van der Waals surface area contributed by atoms with Crippen molar-refractivity contribution in [3.05, 3.63) is 65.7 Å². The van der Waals surface area contributed by atoms with Crippen molar-refractivity contribution >= 4 is 34.7 Å². The van der Waals surface area contributed by atoms with Gasteiger partial charge in [0.25, 0.3) is 5.89 Å². The maximum absolute atomic E-state index is 5.81. The summed E-state index contributed by atoms with van der Waals surface area (Å²) in [6.07, 6.45) is 2.89. The van der Waals surface area contributed by atoms with Gasteiger partial charge >= 0.3 is 0 Å². The third kappa shape index (κ3) is 5.11. The number of thioether (sulfide) groups is 1. The average Bonchev–Trinajstić information content (AvgIpc) is 3.35. The van der Waals surface area contributed by atoms with E-state index in [0.717, 1.165) is 41.1 Å². The predicted octanol–water partition coefficient (Wildman–Crippen LogP) is 5.17. The number of nitrogens with zero attached hydrogens (tertiary/aromatic N) is 3. The Morgan fingerprint density at radius 1 is 1.12 bits per heavy atom. The van der Waals surface area contributed by atoms with Crippen LogP contribution in [0.15, 0.2) is 63.6 Å². The Morgan fingerprint density at radius 3 is 2.50 bits per heavy atom. The summed E-state index contributed by atoms with van der Waals surface area (Å²) in [5, 5.41) is 8.42. The van der Waals surface area contributed by atoms with E-state index >= 15 is 0 Å². The van der Waals surface area contributed by atoms with Gasteiger partial charge < -0.3 is 24.2 Å². The van der Waals surface area contributed by atoms with Gasteiger partial charge in [-0.15, -0.1) is 11.8 Å². The van der Waals surface area contributed by atoms with E-state index in [4.69, 9.17) is 31.2 Å². The van der Waals surface area contributed by atoms with Crippen LogP contribution in [-0.4, -0.2) is 53.8 Å². The Balaban J connectivity index is 1.74. The van der Waals surface area contributed by atoms with Crippen LogP contribution >= 0.6 is 24.0 Å². The monoisotopic (exact) mass is 496 g/mol. The van der Waals surface area contributed by atoms with E-state index in [9.17, 15) is 0 Å². The fourth-order valence-corrected chi connectivity index (χ4v) is 4.69. The summed E-state index contributed by atoms with van der Waals surface area (Å²) >= 11 is 7.43. The fourth-order valence-electron chi connectivity index (χ4n) is 3.93. The van der Waals surface area contributed by atoms with E-state index in [2.05, 4.69) is 33.8 Å². The van der Waals surface area contributed by atoms with Crippen molar-refractivity contribution < 1.29 is 14.0 Å². The number of rotatable bonds is 9. The smallest absolute Gasteiger partial charge is 0.258 e. The summed E-state index contributed by atoms with van der Waals surface area (Å²) in [6, 6.07) is 15.8. The molecule has 1 aromatic heterocycles. The topological polar surface area (TPSA) is 72.7 Å². The molecule has 2 heterocycles. The molecule has 2 aromatic carbocycles. The minimum Gasteiger partial charge on any atom is -0.497 e. The van der Waals surface area contributed by atoms with Crippen LogP contribution in [0.1, 0.15) is 30.8 Å². The highest BCUT2D eigenvalue weighted by Gasteiger charge is 2.34. The number of methoxy groups -OCH3 is 2. The van der Waals surface area contributed by atoms with Crippen molar-refractivity contribution in [2.24, 2.45) is 0 Å². The molecule has 0 radical (unpaired) electrons. The van der Waals surface area contributed by atoms with Crippen LogP contribution in [0.4, 0.5) is 0 Å². The van der Waals surface area contributed by atoms with Crippen molar-refractivity contribution in [1.29, 1.82) is 0 Å². The number of hydrogen-bond acceptors (Lipinski definition) is 7. The third-order valence-corrected chi connectivity index (χ3v) is 6.86. The van der Waals surface area contributed by atoms with Crippen LogP contribution in [-0.2, 0) is 4.74 Å². The lowest BCUT2D eigenvalue weighted by atomic mass is 9.94. The van der Waals surface area contributed by atoms with Gasteiger partial charge in [0.1, 0.15) is 5.75 Å². The Morgan fingerprint density at radius 2 is 1.85 bits per heavy atom. The molecule has 0 bridgehead atoms. The van der Waals surface area contributed by atoms with Crippen molar-refractivity contribution in [3.8, 4) is 17.1 Å². The number of benzene rings is 2. The maximum atomic E-state index is 5.81. The van der Waals surface area contributed by atoms with Gasteiger partial charge in [-0.3, -0.25) is 0 Å². The van der Waals surface area contributed by atoms with Crippen molar-refractivity contribution in [3.63, 3.8) is 0 Å². The summed E-state index contributed by atoms with van der Waals surface area (Å²) in [5.74, 6) is 1.81. The Labute approximate surface area is 209 Å². The minimum atomic E-state index is -0.232. The van der Waals surface area contributed by atoms with Crippen LogP contribution in [0.5, 0.6) is 5.75 Å². The second-order valence-electron chi connectivity index (χ2n) is 7.80. The van der Waals surface area contributed by atoms with Gasteiger partial charge in [0.2, 0.25) is 5.82 Å². The molecule has 34 heavy (non-hydrogen) atoms. The van der Waals surface area contributed by atoms with Crippen LogP contribution < -0.4 is 10.1 Å². The van der Waals surface area contributed by atoms with E-state index in [1.54, 1.807) is 26.0 Å². The molecule has 4 rings (SSSR count). The zero-order chi connectivity index (χ0) is 24.1. The van der Waals surface area contributed by atoms with Crippen molar-refractivity contribution in [1.82, 2.24) is 20.4 Å². The number of nitrogens with one attached hydrogen (secondary N) is 1. The highest BCUT2D eigenvalue weighted by molar-refractivity contribution is 7.98. The zero-order valence-corrected chi connectivity index (χ0v) is 21.3. The molecule has 1 N–H and O–H groups in total. The molecule has 0 saturated carbocycles. The maximum Gasteiger partial charge on any atom is 0.258 e. The van der Waals surface area contributed by atoms with E-state index in [0.29, 0.717) is 23.4 Å². The normalized spacial score (nSPS) is 16.1. The molecule has 1 aliphatic heterocycles. The lowest BCUT2D eigenvalue weighted by Crippen LogP contribution is -2.46. The SMILES string of the molecule is COCCCN1C(=S)NC(c2ccc(OC)cc2)C(c2nc(-c3ccc(SC)cc3)no2)=C1C. The van der Waals surface area contributed by atoms with Crippen LogP contribution in [0, 0.1) is 0 Å². The van der Waals surface area contributed by atoms with Gasteiger partial charge in [0.15, 0.2) is 5.11 Å². The van der Waals surface area contributed by atoms with Crippen molar-refractivity contribution in [2.45, 2.75) is 24.3 Å². The quantitative estimate of drug-likeness (QED) is 0.245. The lowest BCUT2D eigenvalue weighted by Gasteiger charge is -2.37. The number of thiocarbonyl (C=S) groups is 1. The summed E-state index contributed by atoms with van der Waals surface area (Å²) in [7, 11) is 3.36. The third-order valence-electron chi connectivity index (χ3n) is 5.78. The number of aromatic nitrogens is 2. The largest absolute Gasteiger partial charge is 0.497 e. The molecule has 1 atom stereocenters. The van der Waals surface area contributed by atoms with E-state index < -0.39 is 0 Å². The molecule has 0 aliphatic carbocycles. The molecular formula is C25H28N4O3S2. The van der Waals surface area contributed by atoms with E-state index in [-0.39, 0.29) is 6.04 Å². The van der Waals surface area contributed by atoms with E-state index in [1.807, 2.05) is 43.3 Å². The second kappa shape index (κ2) is 11.0. The fraction of sp³-hybridized carbons (Fsp3) is 0.320. The summed E-state index contributed by atoms with van der Waals surface area (Å²) in [5.41, 5.74) is 3.81. The van der Waals surface area contributed by atoms with Gasteiger partial charge in [0.05, 0.1) is 18.7 Å². The second-order valence-corrected chi connectivity index (χ2v) is 9.07. The molecule has 9 heteroatoms. The Kier molecular flexibility index (Phi) is 7.87. The Bertz CT molecular complexity index is 1160. The average molecular weight is 497 g/mol. The highest BCUT2D eigenvalue weighted by atomic mass is 32.2. The molecular weight excluding hydrogens is 468 g/mol. The molecule has 7 nitrogen and oxygen atoms in total. The van der Waals surface area contributed by atoms with Gasteiger partial charge in [-0.1, -0.05) is 17.3 Å². The highest BCUT2D eigenvalue weighted by Crippen LogP contribution is 2.38. The Hall–Kier alpha value is -2.88. The van der Waals surface area contributed by atoms with Gasteiger partial charge in [-0.25, -0.2) is 0 Å². The molecule has 1 unspecified atom stereocenters. The first kappa shape index (κ1) is 24.3. The first-order valence-electron chi connectivity index (χ1n) is 11.0. The summed E-state index contributed by atoms with van der Waals surface area (Å²) in [6.45, 7) is 3.42. The van der Waals surface area contributed by atoms with E-state index in [1.165, 1.54) is 4.90 Å². The molecule has 0 spiro atoms. The molecule has 178 valence electrons. The first-order chi connectivity index (χ1) is 16.5. The minimum absolute atomic E-state index is 0.232. The molecule has 1 aliphatic rings. The molecule has 0 fully saturated rings. The summed E-state index contributed by atoms with van der Waals surface area (Å²) < 4.78 is 16.4. The van der Waals surface area contributed by atoms with Gasteiger partial charge in [0, 0.05) is 36.4 Å². The number of allylic oxidation sites excluding steroid dienone is 1. The number of hydrogen-bond donors (Lipinski definition) is 1. The molecule has 0 amide bonds. The van der Waals surface area contributed by atoms with Crippen LogP contribution in [0.2, 0.25) is 0 Å². The zero-order valence-electron chi connectivity index (χ0n) is 19.7. The van der Waals surface area contributed by atoms with Crippen LogP contribution in [0.25, 0.3) is 17.0 Å². The van der Waals surface area contributed by atoms with Gasteiger partial charge in [-0.2, -0.15) is 4.98 Å². The van der Waals surface area contributed by atoms with Gasteiger partial charge in [-0.05, 0) is 73.8 Å². The molecule has 3 aromatic rings. The first-order valence-corrected chi connectivity index (χ1v) is 12.6.